The number of nitrogens with zero attached hydrogens (tertiary/aromatic N) is 1. The second-order valence-corrected chi connectivity index (χ2v) is 7.15. The maximum atomic E-state index is 14.2. The van der Waals surface area contributed by atoms with Gasteiger partial charge in [-0.1, -0.05) is 18.2 Å². The highest BCUT2D eigenvalue weighted by atomic mass is 19.4. The topological polar surface area (TPSA) is 49.8 Å². The van der Waals surface area contributed by atoms with E-state index in [4.69, 9.17) is 5.11 Å². The summed E-state index contributed by atoms with van der Waals surface area (Å²) in [4.78, 5) is 12.7. The molecule has 2 atom stereocenters. The number of halogens is 4. The molecule has 2 aromatic carbocycles. The van der Waals surface area contributed by atoms with E-state index in [0.29, 0.717) is 25.9 Å². The van der Waals surface area contributed by atoms with Crippen LogP contribution in [-0.4, -0.2) is 24.0 Å². The Balaban J connectivity index is 1.53. The van der Waals surface area contributed by atoms with Crippen LogP contribution in [0.2, 0.25) is 0 Å². The molecule has 2 aromatic rings. The zero-order valence-corrected chi connectivity index (χ0v) is 14.7. The van der Waals surface area contributed by atoms with Crippen molar-refractivity contribution >= 4 is 11.7 Å². The Bertz CT molecular complexity index is 928. The zero-order valence-electron chi connectivity index (χ0n) is 14.7. The lowest BCUT2D eigenvalue weighted by atomic mass is 9.95. The van der Waals surface area contributed by atoms with E-state index in [1.807, 2.05) is 18.2 Å². The predicted octanol–water partition coefficient (Wildman–Crippen LogP) is 4.48. The van der Waals surface area contributed by atoms with E-state index in [2.05, 4.69) is 4.74 Å². The van der Waals surface area contributed by atoms with Crippen LogP contribution in [0.5, 0.6) is 5.75 Å². The molecule has 2 aliphatic rings. The highest BCUT2D eigenvalue weighted by molar-refractivity contribution is 5.75. The van der Waals surface area contributed by atoms with E-state index in [1.54, 1.807) is 4.90 Å². The number of aliphatic carboxylic acids is 1. The predicted molar refractivity (Wildman–Crippen MR) is 92.8 cm³/mol. The van der Waals surface area contributed by atoms with Crippen LogP contribution in [0.3, 0.4) is 0 Å². The number of carbonyl (C=O) groups is 1. The van der Waals surface area contributed by atoms with E-state index in [-0.39, 0.29) is 17.5 Å². The van der Waals surface area contributed by atoms with Crippen LogP contribution in [0.4, 0.5) is 23.2 Å². The van der Waals surface area contributed by atoms with Gasteiger partial charge in [0.1, 0.15) is 11.6 Å². The first-order valence-corrected chi connectivity index (χ1v) is 8.86. The SMILES string of the molecule is O=C(O)[C@H]1C[C@@H]1c1ccc2c(c1)CCN(c1cc(OC(F)(F)F)ccc1F)C2. The largest absolute Gasteiger partial charge is 0.573 e. The van der Waals surface area contributed by atoms with Gasteiger partial charge >= 0.3 is 12.3 Å². The molecule has 4 rings (SSSR count). The molecule has 0 aromatic heterocycles. The second kappa shape index (κ2) is 6.68. The summed E-state index contributed by atoms with van der Waals surface area (Å²) < 4.78 is 55.4. The number of hydrogen-bond acceptors (Lipinski definition) is 3. The molecule has 1 saturated carbocycles. The van der Waals surface area contributed by atoms with Crippen LogP contribution < -0.4 is 9.64 Å². The fourth-order valence-corrected chi connectivity index (χ4v) is 3.78. The third kappa shape index (κ3) is 3.76. The molecule has 0 amide bonds. The molecule has 1 fully saturated rings. The Kier molecular flexibility index (Phi) is 4.44. The molecule has 1 aliphatic heterocycles. The highest BCUT2D eigenvalue weighted by Crippen LogP contribution is 2.48. The van der Waals surface area contributed by atoms with E-state index in [9.17, 15) is 22.4 Å². The molecule has 0 radical (unpaired) electrons. The van der Waals surface area contributed by atoms with Crippen molar-refractivity contribution < 1.29 is 32.2 Å². The van der Waals surface area contributed by atoms with Gasteiger partial charge in [0.2, 0.25) is 0 Å². The van der Waals surface area contributed by atoms with Gasteiger partial charge in [0.05, 0.1) is 11.6 Å². The van der Waals surface area contributed by atoms with Crippen LogP contribution in [0.1, 0.15) is 29.0 Å². The molecule has 0 spiro atoms. The maximum absolute atomic E-state index is 14.2. The fraction of sp³-hybridized carbons (Fsp3) is 0.350. The fourth-order valence-electron chi connectivity index (χ4n) is 3.78. The number of anilines is 1. The molecular formula is C20H17F4NO3. The standard InChI is InChI=1S/C20H17F4NO3/c21-17-4-3-14(28-20(22,23)24)8-18(17)25-6-5-11-7-12(1-2-13(11)10-25)15-9-16(15)19(26)27/h1-4,7-8,15-16H,5-6,9-10H2,(H,26,27)/t15-,16+/m1/s1. The van der Waals surface area contributed by atoms with Gasteiger partial charge in [0.25, 0.3) is 0 Å². The molecule has 28 heavy (non-hydrogen) atoms. The summed E-state index contributed by atoms with van der Waals surface area (Å²) in [7, 11) is 0. The first kappa shape index (κ1) is 18.6. The first-order chi connectivity index (χ1) is 13.2. The van der Waals surface area contributed by atoms with Gasteiger partial charge in [0, 0.05) is 19.2 Å². The summed E-state index contributed by atoms with van der Waals surface area (Å²) in [6.07, 6.45) is -3.61. The number of ether oxygens (including phenoxy) is 1. The molecule has 1 heterocycles. The Morgan fingerprint density at radius 3 is 2.61 bits per heavy atom. The van der Waals surface area contributed by atoms with Gasteiger partial charge in [-0.3, -0.25) is 4.79 Å². The number of rotatable bonds is 4. The minimum Gasteiger partial charge on any atom is -0.481 e. The van der Waals surface area contributed by atoms with Crippen molar-refractivity contribution in [2.24, 2.45) is 5.92 Å². The summed E-state index contributed by atoms with van der Waals surface area (Å²) in [6, 6.07) is 8.75. The highest BCUT2D eigenvalue weighted by Gasteiger charge is 2.44. The van der Waals surface area contributed by atoms with E-state index < -0.39 is 23.9 Å². The van der Waals surface area contributed by atoms with Gasteiger partial charge in [0.15, 0.2) is 0 Å². The average molecular weight is 395 g/mol. The van der Waals surface area contributed by atoms with Gasteiger partial charge in [-0.05, 0) is 47.6 Å². The summed E-state index contributed by atoms with van der Waals surface area (Å²) >= 11 is 0. The van der Waals surface area contributed by atoms with Gasteiger partial charge in [-0.25, -0.2) is 4.39 Å². The maximum Gasteiger partial charge on any atom is 0.573 e. The van der Waals surface area contributed by atoms with Gasteiger partial charge in [-0.2, -0.15) is 0 Å². The van der Waals surface area contributed by atoms with Crippen molar-refractivity contribution in [1.82, 2.24) is 0 Å². The van der Waals surface area contributed by atoms with Crippen LogP contribution >= 0.6 is 0 Å². The number of carboxylic acids is 1. The Hall–Kier alpha value is -2.77. The monoisotopic (exact) mass is 395 g/mol. The summed E-state index contributed by atoms with van der Waals surface area (Å²) in [5.74, 6) is -2.15. The lowest BCUT2D eigenvalue weighted by Gasteiger charge is -2.31. The second-order valence-electron chi connectivity index (χ2n) is 7.15. The molecular weight excluding hydrogens is 378 g/mol. The van der Waals surface area contributed by atoms with Gasteiger partial charge in [-0.15, -0.1) is 13.2 Å². The summed E-state index contributed by atoms with van der Waals surface area (Å²) in [5, 5.41) is 9.08. The third-order valence-electron chi connectivity index (χ3n) is 5.27. The Morgan fingerprint density at radius 2 is 1.93 bits per heavy atom. The number of benzene rings is 2. The quantitative estimate of drug-likeness (QED) is 0.776. The molecule has 0 bridgehead atoms. The summed E-state index contributed by atoms with van der Waals surface area (Å²) in [5.41, 5.74) is 3.06. The van der Waals surface area contributed by atoms with Crippen LogP contribution in [0.15, 0.2) is 36.4 Å². The van der Waals surface area contributed by atoms with Crippen molar-refractivity contribution in [3.05, 3.63) is 58.9 Å². The normalized spacial score (nSPS) is 21.2. The number of fused-ring (bicyclic) bond motifs is 1. The van der Waals surface area contributed by atoms with Crippen LogP contribution in [0.25, 0.3) is 0 Å². The first-order valence-electron chi connectivity index (χ1n) is 8.86. The number of carboxylic acid groups (broad SMARTS) is 1. The molecule has 0 saturated heterocycles. The number of alkyl halides is 3. The Morgan fingerprint density at radius 1 is 1.14 bits per heavy atom. The third-order valence-corrected chi connectivity index (χ3v) is 5.27. The van der Waals surface area contributed by atoms with Crippen molar-refractivity contribution in [1.29, 1.82) is 0 Å². The van der Waals surface area contributed by atoms with Crippen LogP contribution in [0, 0.1) is 11.7 Å². The van der Waals surface area contributed by atoms with Crippen molar-refractivity contribution in [2.45, 2.75) is 31.7 Å². The van der Waals surface area contributed by atoms with Crippen molar-refractivity contribution in [2.75, 3.05) is 11.4 Å². The Labute approximate surface area is 158 Å². The molecule has 4 nitrogen and oxygen atoms in total. The van der Waals surface area contributed by atoms with Crippen molar-refractivity contribution in [3.8, 4) is 5.75 Å². The van der Waals surface area contributed by atoms with Crippen molar-refractivity contribution in [3.63, 3.8) is 0 Å². The van der Waals surface area contributed by atoms with Crippen LogP contribution in [-0.2, 0) is 17.8 Å². The minimum absolute atomic E-state index is 0.0365. The van der Waals surface area contributed by atoms with Gasteiger partial charge < -0.3 is 14.7 Å². The molecule has 8 heteroatoms. The smallest absolute Gasteiger partial charge is 0.481 e. The van der Waals surface area contributed by atoms with E-state index >= 15 is 0 Å². The molecule has 148 valence electrons. The summed E-state index contributed by atoms with van der Waals surface area (Å²) in [6.45, 7) is 0.797. The van der Waals surface area contributed by atoms with E-state index in [1.165, 1.54) is 0 Å². The zero-order chi connectivity index (χ0) is 20.1. The molecule has 1 N–H and O–H groups in total. The minimum atomic E-state index is -4.84. The van der Waals surface area contributed by atoms with E-state index in [0.717, 1.165) is 34.9 Å². The lowest BCUT2D eigenvalue weighted by Crippen LogP contribution is -2.31. The number of hydrogen-bond donors (Lipinski definition) is 1. The lowest BCUT2D eigenvalue weighted by molar-refractivity contribution is -0.274. The molecule has 0 unspecified atom stereocenters. The molecule has 1 aliphatic carbocycles. The average Bonchev–Trinajstić information content (AvgIpc) is 3.42.